The van der Waals surface area contributed by atoms with Gasteiger partial charge in [0.1, 0.15) is 11.6 Å². The molecular weight excluding hydrogens is 240 g/mol. The van der Waals surface area contributed by atoms with Crippen LogP contribution in [0.15, 0.2) is 12.3 Å². The fourth-order valence-electron chi connectivity index (χ4n) is 1.49. The largest absolute Gasteiger partial charge is 0.480 e. The molecule has 0 saturated heterocycles. The maximum atomic E-state index is 11.0. The van der Waals surface area contributed by atoms with Crippen molar-refractivity contribution < 1.29 is 14.8 Å². The lowest BCUT2D eigenvalue weighted by atomic mass is 10.2. The average Bonchev–Trinajstić information content (AvgIpc) is 3.10. The molecule has 0 atom stereocenters. The number of hydrogen-bond acceptors (Lipinski definition) is 6. The molecule has 0 radical (unpaired) electrons. The van der Waals surface area contributed by atoms with E-state index in [-0.39, 0.29) is 11.4 Å². The molecule has 2 rings (SSSR count). The van der Waals surface area contributed by atoms with Crippen molar-refractivity contribution >= 4 is 17.5 Å². The molecule has 1 aliphatic carbocycles. The summed E-state index contributed by atoms with van der Waals surface area (Å²) in [6, 6.07) is 2.80. The number of nitriles is 1. The molecule has 0 spiro atoms. The first-order valence-electron chi connectivity index (χ1n) is 5.05. The highest BCUT2D eigenvalue weighted by Crippen LogP contribution is 2.40. The highest BCUT2D eigenvalue weighted by atomic mass is 16.6. The van der Waals surface area contributed by atoms with Crippen molar-refractivity contribution in [1.82, 2.24) is 4.98 Å². The van der Waals surface area contributed by atoms with Crippen molar-refractivity contribution in [3.8, 4) is 6.07 Å². The Hall–Kier alpha value is -2.69. The summed E-state index contributed by atoms with van der Waals surface area (Å²) in [5.41, 5.74) is -1.51. The van der Waals surface area contributed by atoms with Crippen LogP contribution in [-0.2, 0) is 4.79 Å². The maximum absolute atomic E-state index is 11.0. The van der Waals surface area contributed by atoms with Gasteiger partial charge in [0.25, 0.3) is 0 Å². The fourth-order valence-corrected chi connectivity index (χ4v) is 1.49. The van der Waals surface area contributed by atoms with E-state index >= 15 is 0 Å². The zero-order chi connectivity index (χ0) is 13.3. The van der Waals surface area contributed by atoms with Gasteiger partial charge in [0.2, 0.25) is 5.82 Å². The molecule has 0 unspecified atom stereocenters. The zero-order valence-corrected chi connectivity index (χ0v) is 9.08. The molecule has 0 aromatic carbocycles. The van der Waals surface area contributed by atoms with Gasteiger partial charge in [0.15, 0.2) is 0 Å². The number of anilines is 1. The van der Waals surface area contributed by atoms with Crippen LogP contribution in [0.25, 0.3) is 0 Å². The number of carboxylic acid groups (broad SMARTS) is 1. The van der Waals surface area contributed by atoms with Gasteiger partial charge in [-0.25, -0.2) is 9.78 Å². The molecular formula is C10H8N4O4. The molecule has 1 aliphatic rings. The van der Waals surface area contributed by atoms with Crippen LogP contribution in [-0.4, -0.2) is 26.5 Å². The van der Waals surface area contributed by atoms with Gasteiger partial charge in [-0.15, -0.1) is 0 Å². The van der Waals surface area contributed by atoms with Crippen LogP contribution in [0.2, 0.25) is 0 Å². The lowest BCUT2D eigenvalue weighted by Gasteiger charge is -2.12. The third-order valence-corrected chi connectivity index (χ3v) is 2.71. The SMILES string of the molecule is N#Cc1cnc(NC2(C(=O)O)CC2)c([N+](=O)[O-])c1. The second-order valence-corrected chi connectivity index (χ2v) is 3.97. The van der Waals surface area contributed by atoms with Gasteiger partial charge in [-0.1, -0.05) is 0 Å². The summed E-state index contributed by atoms with van der Waals surface area (Å²) in [7, 11) is 0. The summed E-state index contributed by atoms with van der Waals surface area (Å²) >= 11 is 0. The summed E-state index contributed by atoms with van der Waals surface area (Å²) in [5, 5.41) is 31.0. The molecule has 1 saturated carbocycles. The van der Waals surface area contributed by atoms with E-state index in [1.54, 1.807) is 6.07 Å². The predicted molar refractivity (Wildman–Crippen MR) is 58.8 cm³/mol. The first-order chi connectivity index (χ1) is 8.48. The standard InChI is InChI=1S/C10H8N4O4/c11-4-6-3-7(14(17)18)8(12-5-6)13-10(1-2-10)9(15)16/h3,5H,1-2H2,(H,12,13)(H,15,16). The van der Waals surface area contributed by atoms with Gasteiger partial charge in [-0.2, -0.15) is 5.26 Å². The van der Waals surface area contributed by atoms with E-state index in [0.29, 0.717) is 12.8 Å². The Morgan fingerprint density at radius 2 is 2.33 bits per heavy atom. The number of aliphatic carboxylic acids is 1. The Balaban J connectivity index is 2.37. The molecule has 1 aromatic rings. The van der Waals surface area contributed by atoms with E-state index < -0.39 is 22.1 Å². The van der Waals surface area contributed by atoms with E-state index in [9.17, 15) is 14.9 Å². The maximum Gasteiger partial charge on any atom is 0.329 e. The van der Waals surface area contributed by atoms with Crippen LogP contribution in [0.3, 0.4) is 0 Å². The predicted octanol–water partition coefficient (Wildman–Crippen LogP) is 0.891. The Morgan fingerprint density at radius 1 is 1.67 bits per heavy atom. The van der Waals surface area contributed by atoms with E-state index in [2.05, 4.69) is 10.3 Å². The minimum absolute atomic E-state index is 0.0485. The molecule has 1 heterocycles. The number of nitrogens with one attached hydrogen (secondary N) is 1. The van der Waals surface area contributed by atoms with Crippen LogP contribution in [0.1, 0.15) is 18.4 Å². The number of nitrogens with zero attached hydrogens (tertiary/aromatic N) is 3. The Kier molecular flexibility index (Phi) is 2.59. The number of pyridine rings is 1. The minimum Gasteiger partial charge on any atom is -0.480 e. The highest BCUT2D eigenvalue weighted by Gasteiger charge is 2.51. The summed E-state index contributed by atoms with van der Waals surface area (Å²) < 4.78 is 0. The fraction of sp³-hybridized carbons (Fsp3) is 0.300. The van der Waals surface area contributed by atoms with Gasteiger partial charge in [0, 0.05) is 12.3 Å². The van der Waals surface area contributed by atoms with Crippen molar-refractivity contribution in [2.24, 2.45) is 0 Å². The van der Waals surface area contributed by atoms with Gasteiger partial charge < -0.3 is 10.4 Å². The van der Waals surface area contributed by atoms with Crippen LogP contribution >= 0.6 is 0 Å². The van der Waals surface area contributed by atoms with E-state index in [1.807, 2.05) is 0 Å². The highest BCUT2D eigenvalue weighted by molar-refractivity contribution is 5.86. The first-order valence-corrected chi connectivity index (χ1v) is 5.05. The van der Waals surface area contributed by atoms with E-state index in [0.717, 1.165) is 12.3 Å². The van der Waals surface area contributed by atoms with E-state index in [1.165, 1.54) is 0 Å². The normalized spacial score (nSPS) is 15.5. The number of rotatable bonds is 4. The van der Waals surface area contributed by atoms with Crippen LogP contribution < -0.4 is 5.32 Å². The van der Waals surface area contributed by atoms with Gasteiger partial charge in [-0.05, 0) is 12.8 Å². The van der Waals surface area contributed by atoms with Crippen LogP contribution in [0.4, 0.5) is 11.5 Å². The van der Waals surface area contributed by atoms with Crippen molar-refractivity contribution in [3.63, 3.8) is 0 Å². The molecule has 1 fully saturated rings. The third-order valence-electron chi connectivity index (χ3n) is 2.71. The molecule has 0 aliphatic heterocycles. The molecule has 92 valence electrons. The van der Waals surface area contributed by atoms with Crippen molar-refractivity contribution in [2.45, 2.75) is 18.4 Å². The number of aromatic nitrogens is 1. The average molecular weight is 248 g/mol. The van der Waals surface area contributed by atoms with Crippen LogP contribution in [0.5, 0.6) is 0 Å². The third kappa shape index (κ3) is 1.93. The zero-order valence-electron chi connectivity index (χ0n) is 9.08. The Labute approximate surface area is 101 Å². The first kappa shape index (κ1) is 11.8. The molecule has 1 aromatic heterocycles. The van der Waals surface area contributed by atoms with Crippen molar-refractivity contribution in [2.75, 3.05) is 5.32 Å². The Bertz CT molecular complexity index is 574. The molecule has 2 N–H and O–H groups in total. The number of nitro groups is 1. The van der Waals surface area contributed by atoms with Crippen molar-refractivity contribution in [1.29, 1.82) is 5.26 Å². The topological polar surface area (TPSA) is 129 Å². The summed E-state index contributed by atoms with van der Waals surface area (Å²) in [6.45, 7) is 0. The number of hydrogen-bond donors (Lipinski definition) is 2. The van der Waals surface area contributed by atoms with Gasteiger partial charge in [-0.3, -0.25) is 10.1 Å². The molecule has 18 heavy (non-hydrogen) atoms. The minimum atomic E-state index is -1.16. The van der Waals surface area contributed by atoms with Gasteiger partial charge in [0.05, 0.1) is 10.5 Å². The number of carbonyl (C=O) groups is 1. The molecule has 0 bridgehead atoms. The molecule has 0 amide bonds. The molecule has 8 nitrogen and oxygen atoms in total. The summed E-state index contributed by atoms with van der Waals surface area (Å²) in [5.74, 6) is -1.19. The lowest BCUT2D eigenvalue weighted by molar-refractivity contribution is -0.384. The Morgan fingerprint density at radius 3 is 2.78 bits per heavy atom. The molecule has 8 heteroatoms. The van der Waals surface area contributed by atoms with Crippen LogP contribution in [0, 0.1) is 21.4 Å². The van der Waals surface area contributed by atoms with Gasteiger partial charge >= 0.3 is 11.7 Å². The monoisotopic (exact) mass is 248 g/mol. The summed E-state index contributed by atoms with van der Waals surface area (Å²) in [6.07, 6.45) is 1.94. The second kappa shape index (κ2) is 3.96. The smallest absolute Gasteiger partial charge is 0.329 e. The lowest BCUT2D eigenvalue weighted by Crippen LogP contribution is -2.32. The second-order valence-electron chi connectivity index (χ2n) is 3.97. The summed E-state index contributed by atoms with van der Waals surface area (Å²) in [4.78, 5) is 24.9. The van der Waals surface area contributed by atoms with Crippen molar-refractivity contribution in [3.05, 3.63) is 27.9 Å². The quantitative estimate of drug-likeness (QED) is 0.597. The number of carboxylic acids is 1. The van der Waals surface area contributed by atoms with E-state index in [4.69, 9.17) is 10.4 Å².